The number of unbranched alkanes of at least 4 members (excludes halogenated alkanes) is 6. The van der Waals surface area contributed by atoms with E-state index in [2.05, 4.69) is 82.5 Å². The second kappa shape index (κ2) is 28.1. The van der Waals surface area contributed by atoms with Crippen LogP contribution in [0, 0.1) is 58.2 Å². The maximum absolute atomic E-state index is 12.5. The van der Waals surface area contributed by atoms with Crippen molar-refractivity contribution in [3.8, 4) is 6.07 Å². The van der Waals surface area contributed by atoms with Crippen molar-refractivity contribution in [2.24, 2.45) is 63.4 Å². The number of hydrogen-bond donors (Lipinski definition) is 7. The van der Waals surface area contributed by atoms with Gasteiger partial charge in [-0.25, -0.2) is 5.84 Å². The molecule has 2 amide bonds. The van der Waals surface area contributed by atoms with Crippen LogP contribution in [-0.4, -0.2) is 54.0 Å². The van der Waals surface area contributed by atoms with E-state index in [9.17, 15) is 9.59 Å². The van der Waals surface area contributed by atoms with E-state index in [1.807, 2.05) is 6.92 Å². The van der Waals surface area contributed by atoms with Crippen LogP contribution in [-0.2, 0) is 9.59 Å². The Hall–Kier alpha value is -2.36. The summed E-state index contributed by atoms with van der Waals surface area (Å²) in [7, 11) is -1.67. The number of hydrogen-bond acceptors (Lipinski definition) is 7. The minimum atomic E-state index is -1.67. The monoisotopic (exact) mass is 734 g/mol. The highest BCUT2D eigenvalue weighted by molar-refractivity contribution is 6.41. The number of rotatable bonds is 17. The second-order valence-corrected chi connectivity index (χ2v) is 17.1. The molecule has 4 aliphatic rings. The van der Waals surface area contributed by atoms with Crippen molar-refractivity contribution in [1.29, 1.82) is 5.26 Å². The maximum atomic E-state index is 12.5. The van der Waals surface area contributed by atoms with E-state index in [0.29, 0.717) is 31.2 Å². The van der Waals surface area contributed by atoms with E-state index in [-0.39, 0.29) is 24.2 Å². The quantitative estimate of drug-likeness (QED) is 0.0216. The van der Waals surface area contributed by atoms with Crippen molar-refractivity contribution in [2.75, 3.05) is 13.0 Å². The maximum Gasteiger partial charge on any atom is 0.472 e. The van der Waals surface area contributed by atoms with Gasteiger partial charge in [0.25, 0.3) is 0 Å². The van der Waals surface area contributed by atoms with E-state index < -0.39 is 19.1 Å². The van der Waals surface area contributed by atoms with Crippen molar-refractivity contribution in [1.82, 2.24) is 16.1 Å². The molecule has 0 aliphatic heterocycles. The molecule has 5 unspecified atom stereocenters. The number of hydrazine groups is 1. The van der Waals surface area contributed by atoms with Gasteiger partial charge in [0, 0.05) is 18.9 Å². The molecule has 0 heterocycles. The third kappa shape index (κ3) is 22.0. The molecule has 4 rings (SSSR count). The molecule has 0 spiro atoms. The van der Waals surface area contributed by atoms with Gasteiger partial charge in [-0.05, 0) is 79.4 Å². The number of aliphatic imine (C=N–C) groups is 1. The molecule has 11 nitrogen and oxygen atoms in total. The molecule has 2 bridgehead atoms. The summed E-state index contributed by atoms with van der Waals surface area (Å²) in [5.41, 5.74) is 8.34. The molecule has 0 radical (unpaired) electrons. The van der Waals surface area contributed by atoms with Crippen molar-refractivity contribution in [3.63, 3.8) is 0 Å². The molecule has 4 fully saturated rings. The predicted molar refractivity (Wildman–Crippen MR) is 216 cm³/mol. The molecule has 4 aliphatic carbocycles. The molecule has 0 aromatic heterocycles. The molecule has 0 saturated heterocycles. The largest absolute Gasteiger partial charge is 0.472 e. The van der Waals surface area contributed by atoms with E-state index in [4.69, 9.17) is 26.9 Å². The number of nitriles is 1. The number of nitrogens with zero attached hydrogens (tertiary/aromatic N) is 2. The lowest BCUT2D eigenvalue weighted by atomic mass is 9.44. The van der Waals surface area contributed by atoms with Crippen LogP contribution in [0.15, 0.2) is 4.99 Å². The highest BCUT2D eigenvalue weighted by Crippen LogP contribution is 2.62. The Morgan fingerprint density at radius 1 is 0.923 bits per heavy atom. The van der Waals surface area contributed by atoms with Gasteiger partial charge in [-0.1, -0.05) is 120 Å². The Balaban J connectivity index is 0.000000976. The summed E-state index contributed by atoms with van der Waals surface area (Å²) in [5, 5.41) is 31.6. The minimum absolute atomic E-state index is 0.0760. The Morgan fingerprint density at radius 2 is 1.50 bits per heavy atom. The van der Waals surface area contributed by atoms with Gasteiger partial charge in [0.05, 0.1) is 12.5 Å². The molecule has 302 valence electrons. The molecule has 0 aromatic rings. The predicted octanol–water partition coefficient (Wildman–Crippen LogP) is 6.62. The number of nitrogens with two attached hydrogens (primary N) is 2. The van der Waals surface area contributed by atoms with Crippen LogP contribution in [0.25, 0.3) is 0 Å². The van der Waals surface area contributed by atoms with Crippen LogP contribution in [0.3, 0.4) is 0 Å². The Labute approximate surface area is 318 Å². The van der Waals surface area contributed by atoms with Crippen molar-refractivity contribution < 1.29 is 19.6 Å². The Morgan fingerprint density at radius 3 is 1.96 bits per heavy atom. The van der Waals surface area contributed by atoms with Gasteiger partial charge in [0.15, 0.2) is 0 Å². The highest BCUT2D eigenvalue weighted by Gasteiger charge is 2.54. The highest BCUT2D eigenvalue weighted by atomic mass is 16.4. The minimum Gasteiger partial charge on any atom is -0.426 e. The van der Waals surface area contributed by atoms with Gasteiger partial charge in [-0.2, -0.15) is 5.26 Å². The summed E-state index contributed by atoms with van der Waals surface area (Å²) < 4.78 is 0. The van der Waals surface area contributed by atoms with Crippen molar-refractivity contribution in [3.05, 3.63) is 0 Å². The summed E-state index contributed by atoms with van der Waals surface area (Å²) in [6.45, 7) is 20.8. The topological polar surface area (TPSA) is 199 Å². The second-order valence-electron chi connectivity index (χ2n) is 17.1. The lowest BCUT2D eigenvalue weighted by Gasteiger charge is -2.61. The zero-order chi connectivity index (χ0) is 39.7. The average molecular weight is 734 g/mol. The van der Waals surface area contributed by atoms with Crippen LogP contribution in [0.5, 0.6) is 0 Å². The summed E-state index contributed by atoms with van der Waals surface area (Å²) in [4.78, 5) is 28.8. The standard InChI is InChI=1S/C19H38BN7O4.C11H20.C6H12.C4H10/c1-15(10-7-5-3-2-4-6-8-12-21)17(28)26-16(18(29)25-14-20(30)31)11-9-13-24-19(22)27-23;1-7-5-9-6-10(8(7)2)11(9,3)4;1-6-4-2-3-5-6;1-4(2)3/h15-16,30-31H,2-11,13-14,23H2,1H3,(H,25,29)(H,26,28)(H3,22,24,27);7-10H,5-6H2,1-4H3;6H,2-5H2,1H3;4H,1-3H3/t15?,16-;;;/m0.../s1. The third-order valence-electron chi connectivity index (χ3n) is 11.2. The molecule has 0 aromatic carbocycles. The first-order chi connectivity index (χ1) is 24.5. The summed E-state index contributed by atoms with van der Waals surface area (Å²) in [5.74, 6) is 10.2. The van der Waals surface area contributed by atoms with Gasteiger partial charge < -0.3 is 26.4 Å². The average Bonchev–Trinajstić information content (AvgIpc) is 3.57. The molecule has 9 N–H and O–H groups in total. The Bertz CT molecular complexity index is 1030. The van der Waals surface area contributed by atoms with Crippen molar-refractivity contribution in [2.45, 2.75) is 171 Å². The zero-order valence-electron chi connectivity index (χ0n) is 34.7. The van der Waals surface area contributed by atoms with Crippen molar-refractivity contribution >= 4 is 24.9 Å². The lowest BCUT2D eigenvalue weighted by Crippen LogP contribution is -2.54. The fourth-order valence-electron chi connectivity index (χ4n) is 7.47. The molecule has 6 atom stereocenters. The number of nitrogens with one attached hydrogen (secondary N) is 3. The van der Waals surface area contributed by atoms with Crippen LogP contribution < -0.4 is 27.6 Å². The molecule has 4 saturated carbocycles. The van der Waals surface area contributed by atoms with Gasteiger partial charge in [0.2, 0.25) is 17.8 Å². The summed E-state index contributed by atoms with van der Waals surface area (Å²) in [6.07, 6.45) is 16.9. The molecular weight excluding hydrogens is 653 g/mol. The first-order valence-electron chi connectivity index (χ1n) is 20.5. The summed E-state index contributed by atoms with van der Waals surface area (Å²) >= 11 is 0. The van der Waals surface area contributed by atoms with E-state index >= 15 is 0 Å². The van der Waals surface area contributed by atoms with Gasteiger partial charge in [-0.15, -0.1) is 0 Å². The van der Waals surface area contributed by atoms with Crippen LogP contribution in [0.4, 0.5) is 0 Å². The first-order valence-corrected chi connectivity index (χ1v) is 20.5. The third-order valence-corrected chi connectivity index (χ3v) is 11.2. The number of carbonyl (C=O) groups excluding carboxylic acids is 2. The molecule has 12 heteroatoms. The van der Waals surface area contributed by atoms with Crippen LogP contribution in [0.1, 0.15) is 165 Å². The fourth-order valence-corrected chi connectivity index (χ4v) is 7.47. The summed E-state index contributed by atoms with van der Waals surface area (Å²) in [6, 6.07) is 1.33. The molecule has 52 heavy (non-hydrogen) atoms. The van der Waals surface area contributed by atoms with Gasteiger partial charge >= 0.3 is 7.12 Å². The van der Waals surface area contributed by atoms with Crippen LogP contribution >= 0.6 is 0 Å². The number of carbonyl (C=O) groups is 2. The Kier molecular flexibility index (Phi) is 26.9. The fraction of sp³-hybridized carbons (Fsp3) is 0.900. The number of guanidine groups is 1. The lowest BCUT2D eigenvalue weighted by molar-refractivity contribution is -0.131. The smallest absolute Gasteiger partial charge is 0.426 e. The number of fused-ring (bicyclic) bond motifs is 2. The first kappa shape index (κ1) is 49.6. The van der Waals surface area contributed by atoms with Gasteiger partial charge in [-0.3, -0.25) is 20.0 Å². The zero-order valence-corrected chi connectivity index (χ0v) is 34.7. The van der Waals surface area contributed by atoms with E-state index in [0.717, 1.165) is 80.5 Å². The van der Waals surface area contributed by atoms with E-state index in [1.165, 1.54) is 38.5 Å². The molecular formula is C40H80BN7O4. The SMILES string of the molecule is CC(C)C.CC(CCCCCCCCC#N)C(=O)N[C@@H](CCCN=C(N)NN)C(=O)NCB(O)O.CC1CC2CC(C1C)C2(C)C.CC1CCCC1. The number of amides is 2. The van der Waals surface area contributed by atoms with Gasteiger partial charge in [0.1, 0.15) is 6.04 Å². The van der Waals surface area contributed by atoms with E-state index in [1.54, 1.807) is 0 Å². The van der Waals surface area contributed by atoms with Crippen LogP contribution in [0.2, 0.25) is 0 Å². The normalized spacial score (nSPS) is 22.7.